The van der Waals surface area contributed by atoms with Gasteiger partial charge < -0.3 is 10.2 Å². The van der Waals surface area contributed by atoms with Crippen molar-refractivity contribution < 1.29 is 15.0 Å². The van der Waals surface area contributed by atoms with Crippen molar-refractivity contribution in [1.82, 2.24) is 9.80 Å². The average molecular weight is 188 g/mol. The van der Waals surface area contributed by atoms with Gasteiger partial charge in [0, 0.05) is 12.6 Å². The van der Waals surface area contributed by atoms with Crippen molar-refractivity contribution in [1.29, 1.82) is 0 Å². The van der Waals surface area contributed by atoms with Crippen molar-refractivity contribution in [3.8, 4) is 0 Å². The van der Waals surface area contributed by atoms with Crippen LogP contribution in [0.15, 0.2) is 0 Å². The van der Waals surface area contributed by atoms with E-state index in [1.165, 1.54) is 11.9 Å². The SMILES string of the molecule is CN1C(=O)N(C(C)(C)C)[C@@H](O)[C@H]1O. The summed E-state index contributed by atoms with van der Waals surface area (Å²) in [7, 11) is 1.46. The maximum absolute atomic E-state index is 11.5. The minimum atomic E-state index is -1.14. The number of carbonyl (C=O) groups is 1. The van der Waals surface area contributed by atoms with Crippen LogP contribution in [0.5, 0.6) is 0 Å². The number of hydrogen-bond donors (Lipinski definition) is 2. The van der Waals surface area contributed by atoms with Crippen molar-refractivity contribution in [3.63, 3.8) is 0 Å². The number of hydrogen-bond acceptors (Lipinski definition) is 3. The van der Waals surface area contributed by atoms with Crippen molar-refractivity contribution in [2.24, 2.45) is 0 Å². The second kappa shape index (κ2) is 2.85. The first kappa shape index (κ1) is 10.3. The highest BCUT2D eigenvalue weighted by Gasteiger charge is 2.46. The normalized spacial score (nSPS) is 30.2. The molecule has 1 heterocycles. The Morgan fingerprint density at radius 3 is 1.85 bits per heavy atom. The quantitative estimate of drug-likeness (QED) is 0.553. The fourth-order valence-electron chi connectivity index (χ4n) is 1.41. The molecule has 0 aromatic heterocycles. The first-order chi connectivity index (χ1) is 5.76. The third kappa shape index (κ3) is 1.49. The van der Waals surface area contributed by atoms with Crippen molar-refractivity contribution in [3.05, 3.63) is 0 Å². The molecule has 1 fully saturated rings. The fourth-order valence-corrected chi connectivity index (χ4v) is 1.41. The largest absolute Gasteiger partial charge is 0.369 e. The van der Waals surface area contributed by atoms with Gasteiger partial charge in [0.1, 0.15) is 0 Å². The zero-order chi connectivity index (χ0) is 10.4. The molecule has 0 aliphatic carbocycles. The summed E-state index contributed by atoms with van der Waals surface area (Å²) in [4.78, 5) is 13.9. The monoisotopic (exact) mass is 188 g/mol. The molecule has 1 aliphatic heterocycles. The molecule has 76 valence electrons. The van der Waals surface area contributed by atoms with Crippen LogP contribution in [0.25, 0.3) is 0 Å². The minimum Gasteiger partial charge on any atom is -0.369 e. The molecule has 0 aromatic carbocycles. The van der Waals surface area contributed by atoms with Crippen LogP contribution in [0.1, 0.15) is 20.8 Å². The van der Waals surface area contributed by atoms with Crippen LogP contribution in [0.3, 0.4) is 0 Å². The van der Waals surface area contributed by atoms with Crippen LogP contribution >= 0.6 is 0 Å². The van der Waals surface area contributed by atoms with E-state index in [9.17, 15) is 15.0 Å². The molecule has 2 amide bonds. The zero-order valence-electron chi connectivity index (χ0n) is 8.35. The Morgan fingerprint density at radius 1 is 1.23 bits per heavy atom. The predicted molar refractivity (Wildman–Crippen MR) is 46.8 cm³/mol. The van der Waals surface area contributed by atoms with E-state index < -0.39 is 18.0 Å². The number of rotatable bonds is 0. The summed E-state index contributed by atoms with van der Waals surface area (Å²) in [5.41, 5.74) is -0.484. The summed E-state index contributed by atoms with van der Waals surface area (Å²) in [5.74, 6) is 0. The summed E-state index contributed by atoms with van der Waals surface area (Å²) in [6.07, 6.45) is -2.27. The van der Waals surface area contributed by atoms with Gasteiger partial charge in [0.15, 0.2) is 12.5 Å². The van der Waals surface area contributed by atoms with Gasteiger partial charge in [0.2, 0.25) is 0 Å². The average Bonchev–Trinajstić information content (AvgIpc) is 2.14. The van der Waals surface area contributed by atoms with Gasteiger partial charge in [-0.15, -0.1) is 0 Å². The Balaban J connectivity index is 2.95. The maximum atomic E-state index is 11.5. The molecule has 0 unspecified atom stereocenters. The molecule has 0 spiro atoms. The molecule has 0 bridgehead atoms. The number of aliphatic hydroxyl groups is 2. The van der Waals surface area contributed by atoms with E-state index in [2.05, 4.69) is 0 Å². The Labute approximate surface area is 77.6 Å². The molecule has 0 radical (unpaired) electrons. The number of amides is 2. The molecule has 5 heteroatoms. The van der Waals surface area contributed by atoms with E-state index in [-0.39, 0.29) is 6.03 Å². The Kier molecular flexibility index (Phi) is 2.25. The molecule has 2 atom stereocenters. The van der Waals surface area contributed by atoms with Crippen LogP contribution in [-0.2, 0) is 0 Å². The van der Waals surface area contributed by atoms with E-state index in [0.29, 0.717) is 0 Å². The molecule has 5 nitrogen and oxygen atoms in total. The number of carbonyl (C=O) groups excluding carboxylic acids is 1. The maximum Gasteiger partial charge on any atom is 0.324 e. The van der Waals surface area contributed by atoms with Crippen molar-refractivity contribution >= 4 is 6.03 Å². The van der Waals surface area contributed by atoms with Gasteiger partial charge in [-0.25, -0.2) is 4.79 Å². The summed E-state index contributed by atoms with van der Waals surface area (Å²) < 4.78 is 0. The summed E-state index contributed by atoms with van der Waals surface area (Å²) in [6, 6.07) is -0.354. The van der Waals surface area contributed by atoms with Crippen molar-refractivity contribution in [2.45, 2.75) is 38.8 Å². The van der Waals surface area contributed by atoms with Gasteiger partial charge in [-0.3, -0.25) is 9.80 Å². The van der Waals surface area contributed by atoms with E-state index >= 15 is 0 Å². The zero-order valence-corrected chi connectivity index (χ0v) is 8.35. The predicted octanol–water partition coefficient (Wildman–Crippen LogP) is -0.211. The number of likely N-dealkylation sites (N-methyl/N-ethyl adjacent to an activating group) is 1. The van der Waals surface area contributed by atoms with Gasteiger partial charge in [0.05, 0.1) is 0 Å². The summed E-state index contributed by atoms with van der Waals surface area (Å²) in [5, 5.41) is 18.9. The molecule has 2 N–H and O–H groups in total. The Hall–Kier alpha value is -0.810. The molecule has 1 saturated heterocycles. The lowest BCUT2D eigenvalue weighted by atomic mass is 10.1. The third-order valence-corrected chi connectivity index (χ3v) is 2.16. The first-order valence-corrected chi connectivity index (χ1v) is 4.19. The number of urea groups is 1. The highest BCUT2D eigenvalue weighted by atomic mass is 16.4. The van der Waals surface area contributed by atoms with Gasteiger partial charge >= 0.3 is 6.03 Å². The molecule has 0 aromatic rings. The Morgan fingerprint density at radius 2 is 1.69 bits per heavy atom. The smallest absolute Gasteiger partial charge is 0.324 e. The highest BCUT2D eigenvalue weighted by molar-refractivity contribution is 5.77. The Bertz CT molecular complexity index is 224. The van der Waals surface area contributed by atoms with Crippen LogP contribution in [0.4, 0.5) is 4.79 Å². The fraction of sp³-hybridized carbons (Fsp3) is 0.875. The van der Waals surface area contributed by atoms with Crippen LogP contribution in [0.2, 0.25) is 0 Å². The lowest BCUT2D eigenvalue weighted by molar-refractivity contribution is -0.0804. The second-order valence-electron chi connectivity index (χ2n) is 4.26. The second-order valence-corrected chi connectivity index (χ2v) is 4.26. The van der Waals surface area contributed by atoms with Gasteiger partial charge in [-0.05, 0) is 20.8 Å². The lowest BCUT2D eigenvalue weighted by Gasteiger charge is -2.33. The van der Waals surface area contributed by atoms with Gasteiger partial charge in [-0.2, -0.15) is 0 Å². The molecule has 1 aliphatic rings. The minimum absolute atomic E-state index is 0.354. The van der Waals surface area contributed by atoms with E-state index in [0.717, 1.165) is 4.90 Å². The molecular weight excluding hydrogens is 172 g/mol. The van der Waals surface area contributed by atoms with E-state index in [1.807, 2.05) is 0 Å². The van der Waals surface area contributed by atoms with E-state index in [1.54, 1.807) is 20.8 Å². The molecular formula is C8H16N2O3. The van der Waals surface area contributed by atoms with Gasteiger partial charge in [0.25, 0.3) is 0 Å². The summed E-state index contributed by atoms with van der Waals surface area (Å²) in [6.45, 7) is 5.42. The topological polar surface area (TPSA) is 64.0 Å². The van der Waals surface area contributed by atoms with E-state index in [4.69, 9.17) is 0 Å². The van der Waals surface area contributed by atoms with Crippen LogP contribution in [-0.4, -0.2) is 51.1 Å². The number of aliphatic hydroxyl groups excluding tert-OH is 2. The highest BCUT2D eigenvalue weighted by Crippen LogP contribution is 2.26. The lowest BCUT2D eigenvalue weighted by Crippen LogP contribution is -2.48. The summed E-state index contributed by atoms with van der Waals surface area (Å²) >= 11 is 0. The standard InChI is InChI=1S/C8H16N2O3/c1-8(2,3)10-6(12)5(11)9(4)7(10)13/h5-6,11-12H,1-4H3/t5-,6+/m1/s1. The molecule has 1 rings (SSSR count). The van der Waals surface area contributed by atoms with Gasteiger partial charge in [-0.1, -0.05) is 0 Å². The first-order valence-electron chi connectivity index (χ1n) is 4.19. The van der Waals surface area contributed by atoms with Crippen molar-refractivity contribution in [2.75, 3.05) is 7.05 Å². The van der Waals surface area contributed by atoms with Crippen LogP contribution in [0, 0.1) is 0 Å². The molecule has 13 heavy (non-hydrogen) atoms. The van der Waals surface area contributed by atoms with Crippen LogP contribution < -0.4 is 0 Å². The molecule has 0 saturated carbocycles. The third-order valence-electron chi connectivity index (χ3n) is 2.16. The number of nitrogens with zero attached hydrogens (tertiary/aromatic N) is 2.